The molecule has 0 unspecified atom stereocenters. The average molecular weight is 529 g/mol. The number of rotatable bonds is 2. The van der Waals surface area contributed by atoms with E-state index in [-0.39, 0.29) is 25.7 Å². The third kappa shape index (κ3) is 4.71. The van der Waals surface area contributed by atoms with E-state index in [1.807, 2.05) is 36.5 Å². The molecule has 0 saturated heterocycles. The third-order valence-electron chi connectivity index (χ3n) is 3.35. The van der Waals surface area contributed by atoms with Gasteiger partial charge in [-0.05, 0) is 11.8 Å². The standard InChI is InChI=1S/C10H7F2N2.C9H7N2.Ir/c1-14-5-4-13-10(14)8-3-2-7(11)6-9(8)12;1-2-5-9(6-3-1)11-8-4-7-10-11;/h2,4-6H,1H3;1-5,7-8H;/q2*-1;. The fourth-order valence-corrected chi connectivity index (χ4v) is 2.16. The summed E-state index contributed by atoms with van der Waals surface area (Å²) >= 11 is 0. The third-order valence-corrected chi connectivity index (χ3v) is 3.35. The molecule has 0 N–H and O–H groups in total. The smallest absolute Gasteiger partial charge is 0.0583 e. The van der Waals surface area contributed by atoms with E-state index in [0.29, 0.717) is 5.82 Å². The van der Waals surface area contributed by atoms with Crippen LogP contribution in [0.5, 0.6) is 0 Å². The summed E-state index contributed by atoms with van der Waals surface area (Å²) in [5, 5.41) is 4.07. The van der Waals surface area contributed by atoms with Crippen LogP contribution in [-0.2, 0) is 27.2 Å². The minimum atomic E-state index is -0.653. The van der Waals surface area contributed by atoms with Crippen molar-refractivity contribution in [1.82, 2.24) is 19.3 Å². The first-order valence-electron chi connectivity index (χ1n) is 7.46. The van der Waals surface area contributed by atoms with Crippen molar-refractivity contribution in [3.8, 4) is 17.1 Å². The fourth-order valence-electron chi connectivity index (χ4n) is 2.16. The number of aryl methyl sites for hydroxylation is 1. The van der Waals surface area contributed by atoms with Crippen LogP contribution in [0.1, 0.15) is 0 Å². The summed E-state index contributed by atoms with van der Waals surface area (Å²) in [4.78, 5) is 3.95. The van der Waals surface area contributed by atoms with Crippen molar-refractivity contribution >= 4 is 0 Å². The molecule has 0 fully saturated rings. The van der Waals surface area contributed by atoms with Gasteiger partial charge in [-0.2, -0.15) is 29.4 Å². The molecule has 4 rings (SSSR count). The number of benzene rings is 2. The molecule has 2 aromatic heterocycles. The average Bonchev–Trinajstić information content (AvgIpc) is 3.28. The van der Waals surface area contributed by atoms with Crippen LogP contribution in [0.2, 0.25) is 0 Å². The van der Waals surface area contributed by atoms with Gasteiger partial charge in [0.25, 0.3) is 0 Å². The van der Waals surface area contributed by atoms with Crippen molar-refractivity contribution in [2.24, 2.45) is 7.05 Å². The predicted octanol–water partition coefficient (Wildman–Crippen LogP) is 3.84. The molecule has 4 aromatic rings. The molecule has 2 aromatic carbocycles. The minimum absolute atomic E-state index is 0. The molecule has 4 nitrogen and oxygen atoms in total. The molecule has 7 heteroatoms. The Morgan fingerprint density at radius 1 is 1.04 bits per heavy atom. The first kappa shape index (κ1) is 19.7. The molecule has 0 spiro atoms. The van der Waals surface area contributed by atoms with Crippen LogP contribution in [0, 0.1) is 23.8 Å². The molecule has 135 valence electrons. The van der Waals surface area contributed by atoms with Crippen LogP contribution in [0.25, 0.3) is 17.1 Å². The first-order chi connectivity index (χ1) is 12.1. The van der Waals surface area contributed by atoms with Gasteiger partial charge in [0, 0.05) is 63.6 Å². The van der Waals surface area contributed by atoms with Crippen molar-refractivity contribution in [3.63, 3.8) is 0 Å². The molecule has 0 saturated carbocycles. The topological polar surface area (TPSA) is 35.6 Å². The fraction of sp³-hybridized carbons (Fsp3) is 0.0526. The zero-order chi connectivity index (χ0) is 17.6. The van der Waals surface area contributed by atoms with Gasteiger partial charge < -0.3 is 4.57 Å². The van der Waals surface area contributed by atoms with Gasteiger partial charge in [-0.25, -0.2) is 0 Å². The van der Waals surface area contributed by atoms with Gasteiger partial charge in [0.15, 0.2) is 0 Å². The molecular weight excluding hydrogens is 514 g/mol. The zero-order valence-corrected chi connectivity index (χ0v) is 16.1. The number of nitrogens with zero attached hydrogens (tertiary/aromatic N) is 4. The van der Waals surface area contributed by atoms with Gasteiger partial charge in [-0.15, -0.1) is 18.2 Å². The molecule has 26 heavy (non-hydrogen) atoms. The summed E-state index contributed by atoms with van der Waals surface area (Å²) in [6.07, 6.45) is 6.88. The number of para-hydroxylation sites is 1. The predicted molar refractivity (Wildman–Crippen MR) is 89.8 cm³/mol. The van der Waals surface area contributed by atoms with E-state index >= 15 is 0 Å². The molecule has 0 bridgehead atoms. The number of halogens is 2. The van der Waals surface area contributed by atoms with Gasteiger partial charge >= 0.3 is 0 Å². The van der Waals surface area contributed by atoms with Crippen LogP contribution >= 0.6 is 0 Å². The van der Waals surface area contributed by atoms with Crippen LogP contribution in [0.3, 0.4) is 0 Å². The maximum Gasteiger partial charge on any atom is 0.0583 e. The Hall–Kier alpha value is -2.63. The summed E-state index contributed by atoms with van der Waals surface area (Å²) < 4.78 is 29.3. The van der Waals surface area contributed by atoms with Gasteiger partial charge in [0.1, 0.15) is 0 Å². The summed E-state index contributed by atoms with van der Waals surface area (Å²) in [5.74, 6) is -0.859. The van der Waals surface area contributed by atoms with Crippen molar-refractivity contribution in [2.45, 2.75) is 0 Å². The summed E-state index contributed by atoms with van der Waals surface area (Å²) in [7, 11) is 1.74. The van der Waals surface area contributed by atoms with E-state index in [4.69, 9.17) is 0 Å². The van der Waals surface area contributed by atoms with E-state index in [0.717, 1.165) is 17.8 Å². The van der Waals surface area contributed by atoms with Crippen LogP contribution < -0.4 is 0 Å². The Labute approximate surface area is 163 Å². The van der Waals surface area contributed by atoms with Gasteiger partial charge in [-0.1, -0.05) is 11.6 Å². The Kier molecular flexibility index (Phi) is 6.95. The first-order valence-corrected chi connectivity index (χ1v) is 7.46. The molecule has 1 radical (unpaired) electrons. The molecule has 0 aliphatic heterocycles. The van der Waals surface area contributed by atoms with E-state index < -0.39 is 11.6 Å². The summed E-state index contributed by atoms with van der Waals surface area (Å²) in [5.41, 5.74) is 1.15. The largest absolute Gasteiger partial charge is 0.373 e. The summed E-state index contributed by atoms with van der Waals surface area (Å²) in [6, 6.07) is 17.1. The van der Waals surface area contributed by atoms with Crippen molar-refractivity contribution in [1.29, 1.82) is 0 Å². The number of hydrogen-bond acceptors (Lipinski definition) is 2. The molecular formula is C19H14F2IrN4-2. The van der Waals surface area contributed by atoms with Gasteiger partial charge in [0.05, 0.1) is 5.82 Å². The second kappa shape index (κ2) is 9.17. The zero-order valence-electron chi connectivity index (χ0n) is 13.7. The Balaban J connectivity index is 0.000000184. The van der Waals surface area contributed by atoms with E-state index in [2.05, 4.69) is 22.2 Å². The van der Waals surface area contributed by atoms with Crippen LogP contribution in [-0.4, -0.2) is 19.3 Å². The molecule has 0 aliphatic rings. The maximum absolute atomic E-state index is 13.3. The SMILES string of the molecule is Cn1ccnc1-c1[c-]cc(F)cc1F.[Ir].[c-]1ccccc1-n1cccn1. The van der Waals surface area contributed by atoms with E-state index in [9.17, 15) is 8.78 Å². The van der Waals surface area contributed by atoms with Gasteiger partial charge in [0.2, 0.25) is 0 Å². The molecule has 2 heterocycles. The van der Waals surface area contributed by atoms with E-state index in [1.165, 1.54) is 0 Å². The van der Waals surface area contributed by atoms with Gasteiger partial charge in [-0.3, -0.25) is 18.4 Å². The second-order valence-electron chi connectivity index (χ2n) is 5.10. The summed E-state index contributed by atoms with van der Waals surface area (Å²) in [6.45, 7) is 0. The molecule has 0 amide bonds. The van der Waals surface area contributed by atoms with Crippen LogP contribution in [0.4, 0.5) is 8.78 Å². The van der Waals surface area contributed by atoms with Crippen molar-refractivity contribution in [2.75, 3.05) is 0 Å². The molecule has 0 atom stereocenters. The number of aromatic nitrogens is 4. The normalized spacial score (nSPS) is 9.81. The van der Waals surface area contributed by atoms with E-state index in [1.54, 1.807) is 34.9 Å². The quantitative estimate of drug-likeness (QED) is 0.371. The monoisotopic (exact) mass is 529 g/mol. The Morgan fingerprint density at radius 2 is 1.88 bits per heavy atom. The van der Waals surface area contributed by atoms with Crippen molar-refractivity contribution < 1.29 is 28.9 Å². The molecule has 0 aliphatic carbocycles. The van der Waals surface area contributed by atoms with Crippen molar-refractivity contribution in [3.05, 3.63) is 91.0 Å². The maximum atomic E-state index is 13.3. The Morgan fingerprint density at radius 3 is 2.46 bits per heavy atom. The number of imidazole rings is 1. The second-order valence-corrected chi connectivity index (χ2v) is 5.10. The minimum Gasteiger partial charge on any atom is -0.373 e. The Bertz CT molecular complexity index is 937. The van der Waals surface area contributed by atoms with Crippen LogP contribution in [0.15, 0.2) is 67.3 Å². The number of hydrogen-bond donors (Lipinski definition) is 0.